The molecule has 0 aliphatic rings. The lowest BCUT2D eigenvalue weighted by Crippen LogP contribution is -2.23. The van der Waals surface area contributed by atoms with Gasteiger partial charge in [0.15, 0.2) is 0 Å². The Hall–Kier alpha value is -1.13. The molecule has 0 bridgehead atoms. The van der Waals surface area contributed by atoms with Gasteiger partial charge in [-0.3, -0.25) is 0 Å². The van der Waals surface area contributed by atoms with E-state index < -0.39 is 0 Å². The Balaban J connectivity index is 2.77. The lowest BCUT2D eigenvalue weighted by atomic mass is 10.0. The van der Waals surface area contributed by atoms with E-state index in [9.17, 15) is 4.39 Å². The van der Waals surface area contributed by atoms with Gasteiger partial charge in [0.25, 0.3) is 0 Å². The van der Waals surface area contributed by atoms with Crippen LogP contribution >= 0.6 is 0 Å². The number of rotatable bonds is 10. The number of nitrogens with one attached hydrogen (secondary N) is 1. The summed E-state index contributed by atoms with van der Waals surface area (Å²) >= 11 is 0. The molecule has 3 nitrogen and oxygen atoms in total. The second-order valence-electron chi connectivity index (χ2n) is 4.73. The Bertz CT molecular complexity index is 385. The zero-order chi connectivity index (χ0) is 14.8. The van der Waals surface area contributed by atoms with E-state index in [0.717, 1.165) is 50.3 Å². The highest BCUT2D eigenvalue weighted by Gasteiger charge is 2.16. The van der Waals surface area contributed by atoms with E-state index in [0.29, 0.717) is 0 Å². The Morgan fingerprint density at radius 3 is 2.75 bits per heavy atom. The number of hydrogen-bond acceptors (Lipinski definition) is 3. The van der Waals surface area contributed by atoms with Crippen molar-refractivity contribution >= 4 is 0 Å². The molecule has 0 aliphatic heterocycles. The predicted molar refractivity (Wildman–Crippen MR) is 79.7 cm³/mol. The summed E-state index contributed by atoms with van der Waals surface area (Å²) in [5.74, 6) is 0.505. The second-order valence-corrected chi connectivity index (χ2v) is 4.73. The van der Waals surface area contributed by atoms with Crippen molar-refractivity contribution in [2.45, 2.75) is 39.2 Å². The van der Waals surface area contributed by atoms with Crippen LogP contribution in [0.4, 0.5) is 4.39 Å². The molecule has 0 fully saturated rings. The summed E-state index contributed by atoms with van der Waals surface area (Å²) in [5.41, 5.74) is 0.887. The van der Waals surface area contributed by atoms with E-state index in [1.165, 1.54) is 6.07 Å². The van der Waals surface area contributed by atoms with Gasteiger partial charge in [0.05, 0.1) is 7.11 Å². The molecule has 1 rings (SSSR count). The van der Waals surface area contributed by atoms with Gasteiger partial charge in [-0.2, -0.15) is 0 Å². The zero-order valence-electron chi connectivity index (χ0n) is 12.7. The molecule has 4 heteroatoms. The molecular formula is C16H26FNO2. The van der Waals surface area contributed by atoms with Crippen LogP contribution < -0.4 is 10.1 Å². The van der Waals surface area contributed by atoms with Crippen molar-refractivity contribution in [1.82, 2.24) is 5.32 Å². The minimum Gasteiger partial charge on any atom is -0.496 e. The number of ether oxygens (including phenoxy) is 2. The molecule has 0 heterocycles. The fraction of sp³-hybridized carbons (Fsp3) is 0.625. The summed E-state index contributed by atoms with van der Waals surface area (Å²) in [4.78, 5) is 0. The molecule has 1 aromatic rings. The highest BCUT2D eigenvalue weighted by molar-refractivity contribution is 5.36. The first-order valence-corrected chi connectivity index (χ1v) is 7.37. The highest BCUT2D eigenvalue weighted by atomic mass is 19.1. The summed E-state index contributed by atoms with van der Waals surface area (Å²) in [6.45, 7) is 6.48. The molecule has 1 unspecified atom stereocenters. The van der Waals surface area contributed by atoms with Gasteiger partial charge in [0.1, 0.15) is 11.6 Å². The van der Waals surface area contributed by atoms with Crippen molar-refractivity contribution < 1.29 is 13.9 Å². The average Bonchev–Trinajstić information content (AvgIpc) is 2.46. The Labute approximate surface area is 121 Å². The number of benzene rings is 1. The first-order valence-electron chi connectivity index (χ1n) is 7.37. The van der Waals surface area contributed by atoms with E-state index in [-0.39, 0.29) is 11.9 Å². The molecule has 1 atom stereocenters. The first kappa shape index (κ1) is 16.9. The monoisotopic (exact) mass is 283 g/mol. The smallest absolute Gasteiger partial charge is 0.123 e. The van der Waals surface area contributed by atoms with Crippen molar-refractivity contribution in [2.75, 3.05) is 26.9 Å². The third kappa shape index (κ3) is 5.47. The van der Waals surface area contributed by atoms with Crippen LogP contribution in [0.5, 0.6) is 5.75 Å². The molecular weight excluding hydrogens is 257 g/mol. The minimum atomic E-state index is -0.228. The third-order valence-electron chi connectivity index (χ3n) is 3.19. The van der Waals surface area contributed by atoms with Crippen molar-refractivity contribution in [2.24, 2.45) is 0 Å². The molecule has 20 heavy (non-hydrogen) atoms. The van der Waals surface area contributed by atoms with Gasteiger partial charge in [-0.15, -0.1) is 0 Å². The van der Waals surface area contributed by atoms with Gasteiger partial charge in [0, 0.05) is 24.8 Å². The van der Waals surface area contributed by atoms with Crippen molar-refractivity contribution in [3.05, 3.63) is 29.6 Å². The van der Waals surface area contributed by atoms with Crippen LogP contribution in [0.3, 0.4) is 0 Å². The molecule has 0 saturated carbocycles. The molecule has 114 valence electrons. The molecule has 0 aliphatic carbocycles. The summed E-state index contributed by atoms with van der Waals surface area (Å²) in [7, 11) is 1.62. The maximum atomic E-state index is 13.5. The summed E-state index contributed by atoms with van der Waals surface area (Å²) < 4.78 is 24.2. The summed E-state index contributed by atoms with van der Waals surface area (Å²) in [6.07, 6.45) is 2.88. The standard InChI is InChI=1S/C16H26FNO2/c1-4-10-18-15(7-6-11-20-5-2)14-12-13(17)8-9-16(14)19-3/h8-9,12,15,18H,4-7,10-11H2,1-3H3. The summed E-state index contributed by atoms with van der Waals surface area (Å²) in [6, 6.07) is 4.78. The van der Waals surface area contributed by atoms with E-state index >= 15 is 0 Å². The van der Waals surface area contributed by atoms with E-state index in [2.05, 4.69) is 12.2 Å². The Morgan fingerprint density at radius 2 is 2.10 bits per heavy atom. The fourth-order valence-corrected chi connectivity index (χ4v) is 2.20. The third-order valence-corrected chi connectivity index (χ3v) is 3.19. The second kappa shape index (κ2) is 9.72. The van der Waals surface area contributed by atoms with E-state index in [1.807, 2.05) is 6.92 Å². The Morgan fingerprint density at radius 1 is 1.30 bits per heavy atom. The molecule has 0 spiro atoms. The van der Waals surface area contributed by atoms with Crippen LogP contribution in [0.2, 0.25) is 0 Å². The lowest BCUT2D eigenvalue weighted by molar-refractivity contribution is 0.140. The molecule has 1 aromatic carbocycles. The zero-order valence-corrected chi connectivity index (χ0v) is 12.7. The molecule has 0 aromatic heterocycles. The maximum absolute atomic E-state index is 13.5. The lowest BCUT2D eigenvalue weighted by Gasteiger charge is -2.21. The van der Waals surface area contributed by atoms with Gasteiger partial charge in [0.2, 0.25) is 0 Å². The van der Waals surface area contributed by atoms with E-state index in [1.54, 1.807) is 19.2 Å². The van der Waals surface area contributed by atoms with Crippen molar-refractivity contribution in [3.8, 4) is 5.75 Å². The minimum absolute atomic E-state index is 0.0982. The van der Waals surface area contributed by atoms with Crippen LogP contribution in [0.1, 0.15) is 44.7 Å². The molecule has 1 N–H and O–H groups in total. The topological polar surface area (TPSA) is 30.5 Å². The van der Waals surface area contributed by atoms with Crippen LogP contribution in [-0.4, -0.2) is 26.9 Å². The first-order chi connectivity index (χ1) is 9.72. The van der Waals surface area contributed by atoms with Crippen LogP contribution in [0.25, 0.3) is 0 Å². The van der Waals surface area contributed by atoms with Gasteiger partial charge >= 0.3 is 0 Å². The van der Waals surface area contributed by atoms with Gasteiger partial charge < -0.3 is 14.8 Å². The van der Waals surface area contributed by atoms with Crippen molar-refractivity contribution in [3.63, 3.8) is 0 Å². The van der Waals surface area contributed by atoms with Gasteiger partial charge in [-0.1, -0.05) is 6.92 Å². The molecule has 0 radical (unpaired) electrons. The van der Waals surface area contributed by atoms with Crippen LogP contribution in [0, 0.1) is 5.82 Å². The van der Waals surface area contributed by atoms with Gasteiger partial charge in [-0.05, 0) is 50.9 Å². The number of methoxy groups -OCH3 is 1. The highest BCUT2D eigenvalue weighted by Crippen LogP contribution is 2.29. The van der Waals surface area contributed by atoms with E-state index in [4.69, 9.17) is 9.47 Å². The maximum Gasteiger partial charge on any atom is 0.123 e. The van der Waals surface area contributed by atoms with Crippen molar-refractivity contribution in [1.29, 1.82) is 0 Å². The Kier molecular flexibility index (Phi) is 8.23. The van der Waals surface area contributed by atoms with Crippen LogP contribution in [-0.2, 0) is 4.74 Å². The van der Waals surface area contributed by atoms with Crippen LogP contribution in [0.15, 0.2) is 18.2 Å². The SMILES string of the molecule is CCCNC(CCCOCC)c1cc(F)ccc1OC. The predicted octanol–water partition coefficient (Wildman–Crippen LogP) is 3.69. The molecule has 0 amide bonds. The average molecular weight is 283 g/mol. The normalized spacial score (nSPS) is 12.4. The number of halogens is 1. The number of hydrogen-bond donors (Lipinski definition) is 1. The van der Waals surface area contributed by atoms with Gasteiger partial charge in [-0.25, -0.2) is 4.39 Å². The molecule has 0 saturated heterocycles. The summed E-state index contributed by atoms with van der Waals surface area (Å²) in [5, 5.41) is 3.46. The fourth-order valence-electron chi connectivity index (χ4n) is 2.20. The quantitative estimate of drug-likeness (QED) is 0.664. The largest absolute Gasteiger partial charge is 0.496 e.